The molecular formula is C18H22ClNO. The molecule has 21 heavy (non-hydrogen) atoms. The maximum atomic E-state index is 6.09. The number of benzene rings is 2. The van der Waals surface area contributed by atoms with Crippen LogP contribution in [0.15, 0.2) is 48.5 Å². The van der Waals surface area contributed by atoms with Gasteiger partial charge in [0.05, 0.1) is 7.11 Å². The minimum atomic E-state index is 0.240. The fraction of sp³-hybridized carbons (Fsp3) is 0.333. The van der Waals surface area contributed by atoms with Gasteiger partial charge in [0.1, 0.15) is 5.75 Å². The summed E-state index contributed by atoms with van der Waals surface area (Å²) in [6.07, 6.45) is 1.01. The van der Waals surface area contributed by atoms with Crippen molar-refractivity contribution < 1.29 is 4.74 Å². The van der Waals surface area contributed by atoms with Crippen LogP contribution in [0.25, 0.3) is 0 Å². The summed E-state index contributed by atoms with van der Waals surface area (Å²) in [5.41, 5.74) is 2.44. The first-order valence-electron chi connectivity index (χ1n) is 7.29. The standard InChI is InChI=1S/C18H22ClNO/c1-4-18(15-8-5-9-16(19)11-15)20-13(2)14-7-6-10-17(12-14)21-3/h5-13,18,20H,4H2,1-3H3. The average molecular weight is 304 g/mol. The Balaban J connectivity index is 2.14. The molecule has 3 heteroatoms. The van der Waals surface area contributed by atoms with Gasteiger partial charge in [0.15, 0.2) is 0 Å². The molecule has 2 nitrogen and oxygen atoms in total. The number of halogens is 1. The van der Waals surface area contributed by atoms with Crippen molar-refractivity contribution >= 4 is 11.6 Å². The van der Waals surface area contributed by atoms with E-state index in [1.54, 1.807) is 7.11 Å². The Bertz CT molecular complexity index is 585. The van der Waals surface area contributed by atoms with Gasteiger partial charge in [-0.25, -0.2) is 0 Å². The van der Waals surface area contributed by atoms with Gasteiger partial charge in [-0.2, -0.15) is 0 Å². The van der Waals surface area contributed by atoms with Gasteiger partial charge in [-0.1, -0.05) is 42.8 Å². The molecule has 0 aliphatic carbocycles. The highest BCUT2D eigenvalue weighted by atomic mass is 35.5. The lowest BCUT2D eigenvalue weighted by Gasteiger charge is -2.23. The van der Waals surface area contributed by atoms with E-state index in [1.807, 2.05) is 30.3 Å². The molecular weight excluding hydrogens is 282 g/mol. The van der Waals surface area contributed by atoms with Crippen LogP contribution in [0, 0.1) is 0 Å². The van der Waals surface area contributed by atoms with E-state index in [-0.39, 0.29) is 12.1 Å². The molecule has 0 amide bonds. The van der Waals surface area contributed by atoms with Crippen LogP contribution in [0.5, 0.6) is 5.75 Å². The molecule has 0 aromatic heterocycles. The fourth-order valence-corrected chi connectivity index (χ4v) is 2.68. The molecule has 0 spiro atoms. The summed E-state index contributed by atoms with van der Waals surface area (Å²) in [6, 6.07) is 16.7. The summed E-state index contributed by atoms with van der Waals surface area (Å²) in [6.45, 7) is 4.35. The zero-order valence-electron chi connectivity index (χ0n) is 12.8. The molecule has 0 saturated carbocycles. The van der Waals surface area contributed by atoms with Gasteiger partial charge in [0.2, 0.25) is 0 Å². The molecule has 2 aromatic rings. The van der Waals surface area contributed by atoms with E-state index >= 15 is 0 Å². The molecule has 0 bridgehead atoms. The van der Waals surface area contributed by atoms with Crippen LogP contribution in [-0.2, 0) is 0 Å². The Kier molecular flexibility index (Phi) is 5.66. The first kappa shape index (κ1) is 15.9. The molecule has 2 atom stereocenters. The second kappa shape index (κ2) is 7.48. The van der Waals surface area contributed by atoms with Crippen LogP contribution in [0.4, 0.5) is 0 Å². The predicted octanol–water partition coefficient (Wildman–Crippen LogP) is 5.15. The molecule has 1 N–H and O–H groups in total. The second-order valence-electron chi connectivity index (χ2n) is 5.18. The van der Waals surface area contributed by atoms with Crippen molar-refractivity contribution in [1.82, 2.24) is 5.32 Å². The zero-order valence-corrected chi connectivity index (χ0v) is 13.5. The minimum Gasteiger partial charge on any atom is -0.497 e. The summed E-state index contributed by atoms with van der Waals surface area (Å²) >= 11 is 6.09. The van der Waals surface area contributed by atoms with Crippen LogP contribution >= 0.6 is 11.6 Å². The maximum Gasteiger partial charge on any atom is 0.119 e. The van der Waals surface area contributed by atoms with E-state index in [9.17, 15) is 0 Å². The van der Waals surface area contributed by atoms with Gasteiger partial charge in [-0.05, 0) is 48.7 Å². The van der Waals surface area contributed by atoms with Crippen molar-refractivity contribution in [3.8, 4) is 5.75 Å². The molecule has 0 heterocycles. The quantitative estimate of drug-likeness (QED) is 0.796. The Morgan fingerprint density at radius 2 is 1.81 bits per heavy atom. The van der Waals surface area contributed by atoms with Gasteiger partial charge in [-0.3, -0.25) is 0 Å². The molecule has 0 aliphatic heterocycles. The topological polar surface area (TPSA) is 21.3 Å². The number of rotatable bonds is 6. The van der Waals surface area contributed by atoms with Crippen LogP contribution in [0.3, 0.4) is 0 Å². The molecule has 2 aromatic carbocycles. The van der Waals surface area contributed by atoms with Gasteiger partial charge >= 0.3 is 0 Å². The van der Waals surface area contributed by atoms with Crippen molar-refractivity contribution in [2.75, 3.05) is 7.11 Å². The lowest BCUT2D eigenvalue weighted by Crippen LogP contribution is -2.24. The van der Waals surface area contributed by atoms with Crippen molar-refractivity contribution in [3.05, 3.63) is 64.7 Å². The van der Waals surface area contributed by atoms with Crippen LogP contribution in [0.1, 0.15) is 43.5 Å². The van der Waals surface area contributed by atoms with Crippen molar-refractivity contribution in [3.63, 3.8) is 0 Å². The van der Waals surface area contributed by atoms with Crippen molar-refractivity contribution in [2.24, 2.45) is 0 Å². The monoisotopic (exact) mass is 303 g/mol. The lowest BCUT2D eigenvalue weighted by atomic mass is 10.0. The molecule has 112 valence electrons. The fourth-order valence-electron chi connectivity index (χ4n) is 2.48. The summed E-state index contributed by atoms with van der Waals surface area (Å²) in [7, 11) is 1.69. The molecule has 0 radical (unpaired) electrons. The van der Waals surface area contributed by atoms with E-state index in [0.29, 0.717) is 0 Å². The van der Waals surface area contributed by atoms with E-state index in [1.165, 1.54) is 11.1 Å². The highest BCUT2D eigenvalue weighted by molar-refractivity contribution is 6.30. The Morgan fingerprint density at radius 1 is 1.10 bits per heavy atom. The third-order valence-corrected chi connectivity index (χ3v) is 3.94. The largest absolute Gasteiger partial charge is 0.497 e. The lowest BCUT2D eigenvalue weighted by molar-refractivity contribution is 0.411. The van der Waals surface area contributed by atoms with Gasteiger partial charge in [0, 0.05) is 17.1 Å². The first-order chi connectivity index (χ1) is 10.1. The number of hydrogen-bond donors (Lipinski definition) is 1. The average Bonchev–Trinajstić information content (AvgIpc) is 2.52. The summed E-state index contributed by atoms with van der Waals surface area (Å²) in [5, 5.41) is 4.44. The summed E-state index contributed by atoms with van der Waals surface area (Å²) in [5.74, 6) is 0.886. The highest BCUT2D eigenvalue weighted by Crippen LogP contribution is 2.25. The van der Waals surface area contributed by atoms with Crippen LogP contribution in [-0.4, -0.2) is 7.11 Å². The normalized spacial score (nSPS) is 13.7. The Hall–Kier alpha value is -1.51. The molecule has 0 fully saturated rings. The zero-order chi connectivity index (χ0) is 15.2. The van der Waals surface area contributed by atoms with Gasteiger partial charge in [-0.15, -0.1) is 0 Å². The van der Waals surface area contributed by atoms with Crippen molar-refractivity contribution in [2.45, 2.75) is 32.4 Å². The summed E-state index contributed by atoms with van der Waals surface area (Å²) in [4.78, 5) is 0. The molecule has 2 rings (SSSR count). The molecule has 0 aliphatic rings. The first-order valence-corrected chi connectivity index (χ1v) is 7.67. The Labute approximate surface area is 132 Å². The number of ether oxygens (including phenoxy) is 1. The number of nitrogens with one attached hydrogen (secondary N) is 1. The van der Waals surface area contributed by atoms with Crippen LogP contribution in [0.2, 0.25) is 5.02 Å². The third-order valence-electron chi connectivity index (χ3n) is 3.70. The van der Waals surface area contributed by atoms with E-state index in [4.69, 9.17) is 16.3 Å². The van der Waals surface area contributed by atoms with E-state index < -0.39 is 0 Å². The third kappa shape index (κ3) is 4.23. The second-order valence-corrected chi connectivity index (χ2v) is 5.62. The minimum absolute atomic E-state index is 0.240. The maximum absolute atomic E-state index is 6.09. The van der Waals surface area contributed by atoms with Crippen molar-refractivity contribution in [1.29, 1.82) is 0 Å². The Morgan fingerprint density at radius 3 is 2.48 bits per heavy atom. The van der Waals surface area contributed by atoms with E-state index in [2.05, 4.69) is 37.4 Å². The van der Waals surface area contributed by atoms with Gasteiger partial charge in [0.25, 0.3) is 0 Å². The summed E-state index contributed by atoms with van der Waals surface area (Å²) < 4.78 is 5.29. The molecule has 0 saturated heterocycles. The molecule has 2 unspecified atom stereocenters. The number of methoxy groups -OCH3 is 1. The number of hydrogen-bond acceptors (Lipinski definition) is 2. The van der Waals surface area contributed by atoms with Gasteiger partial charge < -0.3 is 10.1 Å². The SMILES string of the molecule is CCC(NC(C)c1cccc(OC)c1)c1cccc(Cl)c1. The smallest absolute Gasteiger partial charge is 0.119 e. The highest BCUT2D eigenvalue weighted by Gasteiger charge is 2.14. The van der Waals surface area contributed by atoms with E-state index in [0.717, 1.165) is 17.2 Å². The predicted molar refractivity (Wildman–Crippen MR) is 89.0 cm³/mol. The van der Waals surface area contributed by atoms with Crippen LogP contribution < -0.4 is 10.1 Å².